The van der Waals surface area contributed by atoms with Gasteiger partial charge < -0.3 is 9.30 Å². The first-order valence-electron chi connectivity index (χ1n) is 8.30. The van der Waals surface area contributed by atoms with E-state index in [0.717, 1.165) is 21.1 Å². The lowest BCUT2D eigenvalue weighted by molar-refractivity contribution is -0.152. The number of aromatic nitrogens is 2. The summed E-state index contributed by atoms with van der Waals surface area (Å²) < 4.78 is 7.97. The standard InChI is InChI=1S/C19H16BrN3O3/c1-2-26-18(25)15-16(11-6-5-7-12(20)10-11)23-14-9-4-3-8-13(14)21-19(23)22-17(15)24/h3-10,15-16H,2H2,1H3,(H,21,22,24). The molecule has 2 atom stereocenters. The Morgan fingerprint density at radius 2 is 2.08 bits per heavy atom. The summed E-state index contributed by atoms with van der Waals surface area (Å²) in [6, 6.07) is 14.7. The van der Waals surface area contributed by atoms with Gasteiger partial charge in [0, 0.05) is 4.47 Å². The number of benzene rings is 2. The summed E-state index contributed by atoms with van der Waals surface area (Å²) in [4.78, 5) is 29.9. The van der Waals surface area contributed by atoms with Crippen molar-refractivity contribution in [1.29, 1.82) is 0 Å². The number of nitrogens with one attached hydrogen (secondary N) is 1. The predicted molar refractivity (Wildman–Crippen MR) is 101 cm³/mol. The van der Waals surface area contributed by atoms with Gasteiger partial charge in [-0.3, -0.25) is 14.9 Å². The van der Waals surface area contributed by atoms with Gasteiger partial charge in [0.2, 0.25) is 11.9 Å². The first-order chi connectivity index (χ1) is 12.6. The molecule has 0 bridgehead atoms. The van der Waals surface area contributed by atoms with Gasteiger partial charge in [0.15, 0.2) is 5.92 Å². The van der Waals surface area contributed by atoms with Gasteiger partial charge in [-0.25, -0.2) is 4.98 Å². The van der Waals surface area contributed by atoms with Gasteiger partial charge in [0.05, 0.1) is 23.7 Å². The highest BCUT2D eigenvalue weighted by Gasteiger charge is 2.44. The number of halogens is 1. The minimum Gasteiger partial charge on any atom is -0.465 e. The van der Waals surface area contributed by atoms with E-state index in [-0.39, 0.29) is 6.61 Å². The van der Waals surface area contributed by atoms with Crippen LogP contribution in [0.3, 0.4) is 0 Å². The van der Waals surface area contributed by atoms with Crippen molar-refractivity contribution in [2.75, 3.05) is 11.9 Å². The van der Waals surface area contributed by atoms with Gasteiger partial charge in [-0.15, -0.1) is 0 Å². The van der Waals surface area contributed by atoms with Crippen molar-refractivity contribution in [1.82, 2.24) is 9.55 Å². The Balaban J connectivity index is 1.97. The maximum Gasteiger partial charge on any atom is 0.321 e. The zero-order valence-corrected chi connectivity index (χ0v) is 15.6. The van der Waals surface area contributed by atoms with Crippen LogP contribution < -0.4 is 5.32 Å². The van der Waals surface area contributed by atoms with E-state index in [1.54, 1.807) is 6.92 Å². The molecule has 2 aromatic carbocycles. The smallest absolute Gasteiger partial charge is 0.321 e. The number of anilines is 1. The highest BCUT2D eigenvalue weighted by atomic mass is 79.9. The number of carbonyl (C=O) groups is 2. The molecule has 7 heteroatoms. The molecule has 2 heterocycles. The Morgan fingerprint density at radius 3 is 2.85 bits per heavy atom. The second-order valence-corrected chi connectivity index (χ2v) is 6.93. The summed E-state index contributed by atoms with van der Waals surface area (Å²) >= 11 is 3.47. The van der Waals surface area contributed by atoms with E-state index in [0.29, 0.717) is 5.95 Å². The van der Waals surface area contributed by atoms with Gasteiger partial charge >= 0.3 is 5.97 Å². The minimum absolute atomic E-state index is 0.214. The summed E-state index contributed by atoms with van der Waals surface area (Å²) in [6.45, 7) is 1.94. The number of rotatable bonds is 3. The number of hydrogen-bond donors (Lipinski definition) is 1. The Labute approximate surface area is 158 Å². The van der Waals surface area contributed by atoms with Gasteiger partial charge in [-0.1, -0.05) is 40.2 Å². The Kier molecular flexibility index (Phi) is 4.24. The third-order valence-corrected chi connectivity index (χ3v) is 4.93. The van der Waals surface area contributed by atoms with Gasteiger partial charge in [0.25, 0.3) is 0 Å². The number of carbonyl (C=O) groups excluding carboxylic acids is 2. The SMILES string of the molecule is CCOC(=O)C1C(=O)Nc2nc3ccccc3n2C1c1cccc(Br)c1. The minimum atomic E-state index is -0.991. The van der Waals surface area contributed by atoms with Crippen LogP contribution in [0.4, 0.5) is 5.95 Å². The molecular formula is C19H16BrN3O3. The number of para-hydroxylation sites is 2. The highest BCUT2D eigenvalue weighted by molar-refractivity contribution is 9.10. The lowest BCUT2D eigenvalue weighted by Gasteiger charge is -2.32. The fourth-order valence-electron chi connectivity index (χ4n) is 3.39. The summed E-state index contributed by atoms with van der Waals surface area (Å²) in [5, 5.41) is 2.75. The van der Waals surface area contributed by atoms with Crippen molar-refractivity contribution < 1.29 is 14.3 Å². The molecule has 1 amide bonds. The topological polar surface area (TPSA) is 73.2 Å². The molecule has 0 saturated carbocycles. The van der Waals surface area contributed by atoms with Gasteiger partial charge in [-0.2, -0.15) is 0 Å². The van der Waals surface area contributed by atoms with Crippen LogP contribution in [0.1, 0.15) is 18.5 Å². The Bertz CT molecular complexity index is 1010. The van der Waals surface area contributed by atoms with Crippen LogP contribution in [0.2, 0.25) is 0 Å². The highest BCUT2D eigenvalue weighted by Crippen LogP contribution is 2.39. The summed E-state index contributed by atoms with van der Waals surface area (Å²) in [5.41, 5.74) is 2.44. The van der Waals surface area contributed by atoms with Crippen LogP contribution in [-0.2, 0) is 14.3 Å². The number of amides is 1. The van der Waals surface area contributed by atoms with Crippen LogP contribution in [0, 0.1) is 5.92 Å². The van der Waals surface area contributed by atoms with Crippen LogP contribution in [0.15, 0.2) is 53.0 Å². The third kappa shape index (κ3) is 2.68. The number of esters is 1. The van der Waals surface area contributed by atoms with Crippen molar-refractivity contribution in [2.45, 2.75) is 13.0 Å². The molecule has 1 aliphatic rings. The van der Waals surface area contributed by atoms with E-state index >= 15 is 0 Å². The van der Waals surface area contributed by atoms with Crippen LogP contribution >= 0.6 is 15.9 Å². The molecular weight excluding hydrogens is 398 g/mol. The average Bonchev–Trinajstić information content (AvgIpc) is 2.98. The average molecular weight is 414 g/mol. The van der Waals surface area contributed by atoms with Crippen LogP contribution in [0.5, 0.6) is 0 Å². The molecule has 26 heavy (non-hydrogen) atoms. The number of nitrogens with zero attached hydrogens (tertiary/aromatic N) is 2. The van der Waals surface area contributed by atoms with Crippen molar-refractivity contribution in [2.24, 2.45) is 5.92 Å². The fraction of sp³-hybridized carbons (Fsp3) is 0.211. The monoisotopic (exact) mass is 413 g/mol. The van der Waals surface area contributed by atoms with E-state index in [2.05, 4.69) is 26.2 Å². The normalized spacial score (nSPS) is 19.1. The molecule has 0 fully saturated rings. The molecule has 6 nitrogen and oxygen atoms in total. The number of imidazole rings is 1. The summed E-state index contributed by atoms with van der Waals surface area (Å²) in [7, 11) is 0. The third-order valence-electron chi connectivity index (χ3n) is 4.44. The molecule has 132 valence electrons. The first-order valence-corrected chi connectivity index (χ1v) is 9.09. The lowest BCUT2D eigenvalue weighted by Crippen LogP contribution is -2.43. The van der Waals surface area contributed by atoms with Gasteiger partial charge in [0.1, 0.15) is 0 Å². The Morgan fingerprint density at radius 1 is 1.27 bits per heavy atom. The molecule has 0 saturated heterocycles. The summed E-state index contributed by atoms with van der Waals surface area (Å²) in [5.74, 6) is -1.51. The second-order valence-electron chi connectivity index (χ2n) is 6.01. The molecule has 3 aromatic rings. The van der Waals surface area contributed by atoms with Crippen LogP contribution in [0.25, 0.3) is 11.0 Å². The second kappa shape index (κ2) is 6.57. The van der Waals surface area contributed by atoms with E-state index in [4.69, 9.17) is 4.74 Å². The molecule has 0 spiro atoms. The summed E-state index contributed by atoms with van der Waals surface area (Å²) in [6.07, 6.45) is 0. The molecule has 1 N–H and O–H groups in total. The van der Waals surface area contributed by atoms with Crippen molar-refractivity contribution in [3.05, 3.63) is 58.6 Å². The molecule has 2 unspecified atom stereocenters. The molecule has 1 aliphatic heterocycles. The fourth-order valence-corrected chi connectivity index (χ4v) is 3.81. The Hall–Kier alpha value is -2.67. The van der Waals surface area contributed by atoms with E-state index in [1.807, 2.05) is 53.1 Å². The quantitative estimate of drug-likeness (QED) is 0.526. The van der Waals surface area contributed by atoms with Crippen molar-refractivity contribution in [3.63, 3.8) is 0 Å². The van der Waals surface area contributed by atoms with Crippen LogP contribution in [-0.4, -0.2) is 28.0 Å². The maximum absolute atomic E-state index is 12.7. The first kappa shape index (κ1) is 16.8. The predicted octanol–water partition coefficient (Wildman–Crippen LogP) is 3.52. The van der Waals surface area contributed by atoms with E-state index in [1.165, 1.54) is 0 Å². The molecule has 0 radical (unpaired) electrons. The van der Waals surface area contributed by atoms with E-state index in [9.17, 15) is 9.59 Å². The molecule has 1 aromatic heterocycles. The zero-order chi connectivity index (χ0) is 18.3. The van der Waals surface area contributed by atoms with Gasteiger partial charge in [-0.05, 0) is 36.8 Å². The largest absolute Gasteiger partial charge is 0.465 e. The molecule has 0 aliphatic carbocycles. The molecule has 4 rings (SSSR count). The van der Waals surface area contributed by atoms with Crippen molar-refractivity contribution >= 4 is 44.8 Å². The van der Waals surface area contributed by atoms with Crippen molar-refractivity contribution in [3.8, 4) is 0 Å². The zero-order valence-electron chi connectivity index (χ0n) is 14.0. The maximum atomic E-state index is 12.7. The number of hydrogen-bond acceptors (Lipinski definition) is 4. The van der Waals surface area contributed by atoms with E-state index < -0.39 is 23.8 Å². The number of ether oxygens (including phenoxy) is 1. The lowest BCUT2D eigenvalue weighted by atomic mass is 9.90. The number of fused-ring (bicyclic) bond motifs is 3.